The van der Waals surface area contributed by atoms with Crippen molar-refractivity contribution in [3.8, 4) is 0 Å². The minimum Gasteiger partial charge on any atom is -0.478 e. The monoisotopic (exact) mass is 290 g/mol. The number of halogens is 1. The van der Waals surface area contributed by atoms with Crippen LogP contribution in [0, 0.1) is 19.7 Å². The van der Waals surface area contributed by atoms with Crippen LogP contribution in [0.25, 0.3) is 0 Å². The number of carboxylic acids is 1. The summed E-state index contributed by atoms with van der Waals surface area (Å²) in [4.78, 5) is 11.6. The van der Waals surface area contributed by atoms with Gasteiger partial charge in [-0.25, -0.2) is 9.18 Å². The third kappa shape index (κ3) is 3.39. The maximum absolute atomic E-state index is 13.3. The van der Waals surface area contributed by atoms with Gasteiger partial charge >= 0.3 is 5.97 Å². The van der Waals surface area contributed by atoms with E-state index in [4.69, 9.17) is 5.11 Å². The zero-order chi connectivity index (χ0) is 14.7. The highest BCUT2D eigenvalue weighted by atomic mass is 32.2. The smallest absolute Gasteiger partial charge is 0.338 e. The highest BCUT2D eigenvalue weighted by Crippen LogP contribution is 2.25. The van der Waals surface area contributed by atoms with Gasteiger partial charge in [0.25, 0.3) is 0 Å². The number of rotatable bonds is 4. The normalized spacial score (nSPS) is 10.6. The van der Waals surface area contributed by atoms with Crippen molar-refractivity contribution in [2.75, 3.05) is 0 Å². The van der Waals surface area contributed by atoms with E-state index in [-0.39, 0.29) is 5.56 Å². The summed E-state index contributed by atoms with van der Waals surface area (Å²) in [7, 11) is 0. The SMILES string of the molecule is Cc1ccc(CSc2ccc(F)c(C(=O)O)c2)cc1C. The van der Waals surface area contributed by atoms with Crippen LogP contribution in [0.2, 0.25) is 0 Å². The van der Waals surface area contributed by atoms with E-state index in [0.29, 0.717) is 0 Å². The highest BCUT2D eigenvalue weighted by Gasteiger charge is 2.11. The Kier molecular flexibility index (Phi) is 4.45. The van der Waals surface area contributed by atoms with Gasteiger partial charge in [0.15, 0.2) is 0 Å². The molecule has 0 amide bonds. The first-order valence-electron chi connectivity index (χ1n) is 6.19. The Morgan fingerprint density at radius 3 is 2.55 bits per heavy atom. The molecule has 0 unspecified atom stereocenters. The van der Waals surface area contributed by atoms with Crippen molar-refractivity contribution in [3.05, 3.63) is 64.5 Å². The second-order valence-electron chi connectivity index (χ2n) is 4.65. The van der Waals surface area contributed by atoms with Gasteiger partial charge in [-0.3, -0.25) is 0 Å². The number of carbonyl (C=O) groups is 1. The maximum atomic E-state index is 13.3. The van der Waals surface area contributed by atoms with Gasteiger partial charge in [-0.15, -0.1) is 11.8 Å². The first kappa shape index (κ1) is 14.6. The standard InChI is InChI=1S/C16H15FO2S/c1-10-3-4-12(7-11(10)2)9-20-13-5-6-15(17)14(8-13)16(18)19/h3-8H,9H2,1-2H3,(H,18,19). The molecule has 2 aromatic carbocycles. The molecule has 0 saturated carbocycles. The summed E-state index contributed by atoms with van der Waals surface area (Å²) < 4.78 is 13.3. The average molecular weight is 290 g/mol. The summed E-state index contributed by atoms with van der Waals surface area (Å²) in [5, 5.41) is 8.89. The number of thioether (sulfide) groups is 1. The number of benzene rings is 2. The topological polar surface area (TPSA) is 37.3 Å². The van der Waals surface area contributed by atoms with Gasteiger partial charge in [0.1, 0.15) is 5.82 Å². The van der Waals surface area contributed by atoms with Crippen LogP contribution in [-0.4, -0.2) is 11.1 Å². The molecule has 0 fully saturated rings. The summed E-state index contributed by atoms with van der Waals surface area (Å²) >= 11 is 1.50. The Labute approximate surface area is 121 Å². The summed E-state index contributed by atoms with van der Waals surface area (Å²) in [5.74, 6) is -1.21. The molecule has 2 rings (SSSR count). The molecule has 1 N–H and O–H groups in total. The number of aryl methyl sites for hydroxylation is 2. The van der Waals surface area contributed by atoms with Crippen LogP contribution in [0.15, 0.2) is 41.3 Å². The summed E-state index contributed by atoms with van der Waals surface area (Å²) in [6, 6.07) is 10.4. The third-order valence-electron chi connectivity index (χ3n) is 3.15. The summed E-state index contributed by atoms with van der Waals surface area (Å²) in [5.41, 5.74) is 3.36. The molecule has 104 valence electrons. The fourth-order valence-electron chi connectivity index (χ4n) is 1.82. The lowest BCUT2D eigenvalue weighted by Gasteiger charge is -2.06. The van der Waals surface area contributed by atoms with Crippen molar-refractivity contribution in [1.29, 1.82) is 0 Å². The fourth-order valence-corrected chi connectivity index (χ4v) is 2.70. The molecule has 0 spiro atoms. The predicted octanol–water partition coefficient (Wildman–Crippen LogP) is 4.43. The lowest BCUT2D eigenvalue weighted by atomic mass is 10.1. The molecule has 0 bridgehead atoms. The van der Waals surface area contributed by atoms with Crippen LogP contribution in [-0.2, 0) is 5.75 Å². The summed E-state index contributed by atoms with van der Waals surface area (Å²) in [6.07, 6.45) is 0. The molecule has 4 heteroatoms. The number of hydrogen-bond acceptors (Lipinski definition) is 2. The van der Waals surface area contributed by atoms with Crippen LogP contribution in [0.1, 0.15) is 27.0 Å². The first-order valence-corrected chi connectivity index (χ1v) is 7.17. The van der Waals surface area contributed by atoms with Gasteiger partial charge in [0.2, 0.25) is 0 Å². The van der Waals surface area contributed by atoms with Gasteiger partial charge in [0, 0.05) is 10.6 Å². The molecule has 0 atom stereocenters. The van der Waals surface area contributed by atoms with Crippen molar-refractivity contribution in [2.45, 2.75) is 24.5 Å². The Balaban J connectivity index is 2.12. The molecule has 2 aromatic rings. The van der Waals surface area contributed by atoms with Crippen LogP contribution < -0.4 is 0 Å². The van der Waals surface area contributed by atoms with Crippen molar-refractivity contribution < 1.29 is 14.3 Å². The van der Waals surface area contributed by atoms with Gasteiger partial charge in [-0.1, -0.05) is 18.2 Å². The van der Waals surface area contributed by atoms with Crippen molar-refractivity contribution in [3.63, 3.8) is 0 Å². The molecule has 0 aliphatic rings. The van der Waals surface area contributed by atoms with Gasteiger partial charge in [-0.2, -0.15) is 0 Å². The van der Waals surface area contributed by atoms with Crippen molar-refractivity contribution in [2.24, 2.45) is 0 Å². The lowest BCUT2D eigenvalue weighted by molar-refractivity contribution is 0.0691. The van der Waals surface area contributed by atoms with Crippen LogP contribution in [0.3, 0.4) is 0 Å². The van der Waals surface area contributed by atoms with Crippen molar-refractivity contribution in [1.82, 2.24) is 0 Å². The largest absolute Gasteiger partial charge is 0.478 e. The number of aromatic carboxylic acids is 1. The number of hydrogen-bond donors (Lipinski definition) is 1. The maximum Gasteiger partial charge on any atom is 0.338 e. The molecule has 2 nitrogen and oxygen atoms in total. The molecule has 20 heavy (non-hydrogen) atoms. The van der Waals surface area contributed by atoms with E-state index in [9.17, 15) is 9.18 Å². The van der Waals surface area contributed by atoms with Crippen LogP contribution in [0.4, 0.5) is 4.39 Å². The minimum atomic E-state index is -1.24. The molecular formula is C16H15FO2S. The van der Waals surface area contributed by atoms with E-state index in [1.54, 1.807) is 6.07 Å². The Hall–Kier alpha value is -1.81. The van der Waals surface area contributed by atoms with Gasteiger partial charge in [-0.05, 0) is 48.7 Å². The lowest BCUT2D eigenvalue weighted by Crippen LogP contribution is -2.00. The molecule has 0 saturated heterocycles. The highest BCUT2D eigenvalue weighted by molar-refractivity contribution is 7.98. The van der Waals surface area contributed by atoms with E-state index in [2.05, 4.69) is 32.0 Å². The first-order chi connectivity index (χ1) is 9.47. The quantitative estimate of drug-likeness (QED) is 0.846. The van der Waals surface area contributed by atoms with E-state index < -0.39 is 11.8 Å². The van der Waals surface area contributed by atoms with E-state index >= 15 is 0 Å². The third-order valence-corrected chi connectivity index (χ3v) is 4.21. The molecule has 0 heterocycles. The Morgan fingerprint density at radius 1 is 1.15 bits per heavy atom. The van der Waals surface area contributed by atoms with Crippen LogP contribution >= 0.6 is 11.8 Å². The zero-order valence-electron chi connectivity index (χ0n) is 11.3. The molecular weight excluding hydrogens is 275 g/mol. The van der Waals surface area contributed by atoms with E-state index in [1.807, 2.05) is 0 Å². The zero-order valence-corrected chi connectivity index (χ0v) is 12.1. The second-order valence-corrected chi connectivity index (χ2v) is 5.70. The van der Waals surface area contributed by atoms with Crippen LogP contribution in [0.5, 0.6) is 0 Å². The van der Waals surface area contributed by atoms with Gasteiger partial charge < -0.3 is 5.11 Å². The van der Waals surface area contributed by atoms with Gasteiger partial charge in [0.05, 0.1) is 5.56 Å². The van der Waals surface area contributed by atoms with E-state index in [1.165, 1.54) is 40.6 Å². The molecule has 0 aliphatic heterocycles. The molecule has 0 radical (unpaired) electrons. The van der Waals surface area contributed by atoms with Crippen molar-refractivity contribution >= 4 is 17.7 Å². The minimum absolute atomic E-state index is 0.282. The molecule has 0 aliphatic carbocycles. The second kappa shape index (κ2) is 6.09. The summed E-state index contributed by atoms with van der Waals surface area (Å²) in [6.45, 7) is 4.12. The predicted molar refractivity (Wildman–Crippen MR) is 78.8 cm³/mol. The number of carboxylic acid groups (broad SMARTS) is 1. The van der Waals surface area contributed by atoms with E-state index in [0.717, 1.165) is 10.6 Å². The average Bonchev–Trinajstić information content (AvgIpc) is 2.41. The fraction of sp³-hybridized carbons (Fsp3) is 0.188. The Morgan fingerprint density at radius 2 is 1.90 bits per heavy atom. The Bertz CT molecular complexity index is 653. The molecule has 0 aromatic heterocycles.